The average molecular weight is 660 g/mol. The number of fused-ring (bicyclic) bond motifs is 7. The molecule has 8 aromatic carbocycles. The SMILES string of the molecule is c1ccc(-c2ccc(N(c3ccc(-c4cccc5sc6ccccc6c45)cc3)c3ccc4cc5c(cc4c3)sc3ccccc35)cc2)cc1. The number of anilines is 3. The van der Waals surface area contributed by atoms with Crippen molar-refractivity contribution in [2.75, 3.05) is 4.90 Å². The highest BCUT2D eigenvalue weighted by Crippen LogP contribution is 2.43. The van der Waals surface area contributed by atoms with Gasteiger partial charge in [-0.25, -0.2) is 0 Å². The maximum Gasteiger partial charge on any atom is 0.0468 e. The zero-order valence-corrected chi connectivity index (χ0v) is 28.1. The van der Waals surface area contributed by atoms with Crippen LogP contribution in [0.5, 0.6) is 0 Å². The summed E-state index contributed by atoms with van der Waals surface area (Å²) < 4.78 is 5.31. The lowest BCUT2D eigenvalue weighted by atomic mass is 9.99. The van der Waals surface area contributed by atoms with E-state index in [1.54, 1.807) is 0 Å². The largest absolute Gasteiger partial charge is 0.310 e. The molecule has 230 valence electrons. The first kappa shape index (κ1) is 28.3. The molecule has 0 aliphatic rings. The van der Waals surface area contributed by atoms with Gasteiger partial charge in [0.05, 0.1) is 0 Å². The van der Waals surface area contributed by atoms with Gasteiger partial charge in [-0.2, -0.15) is 0 Å². The Bertz CT molecular complexity index is 2810. The number of benzene rings is 8. The van der Waals surface area contributed by atoms with Crippen LogP contribution in [0.3, 0.4) is 0 Å². The second-order valence-corrected chi connectivity index (χ2v) is 14.7. The van der Waals surface area contributed by atoms with Gasteiger partial charge in [0.1, 0.15) is 0 Å². The summed E-state index contributed by atoms with van der Waals surface area (Å²) in [6, 6.07) is 64.4. The van der Waals surface area contributed by atoms with Crippen molar-refractivity contribution in [1.29, 1.82) is 0 Å². The first-order chi connectivity index (χ1) is 24.3. The average Bonchev–Trinajstić information content (AvgIpc) is 3.73. The number of nitrogens with zero attached hydrogens (tertiary/aromatic N) is 1. The van der Waals surface area contributed by atoms with Gasteiger partial charge in [0.25, 0.3) is 0 Å². The molecule has 0 amide bonds. The molecule has 2 aromatic heterocycles. The third-order valence-corrected chi connectivity index (χ3v) is 11.9. The predicted octanol–water partition coefficient (Wildman–Crippen LogP) is 14.4. The Morgan fingerprint density at radius 3 is 1.69 bits per heavy atom. The standard InChI is InChI=1S/C46H29NS2/c1-2-9-30(10-3-1)31-17-22-35(23-18-31)47(37-26-21-33-28-41-39-11-4-6-14-42(39)49-45(41)29-34(33)27-37)36-24-19-32(20-25-36)38-13-8-16-44-46(38)40-12-5-7-15-43(40)48-44/h1-29H. The Balaban J connectivity index is 1.11. The van der Waals surface area contributed by atoms with Gasteiger partial charge in [-0.05, 0) is 99.8 Å². The fraction of sp³-hybridized carbons (Fsp3) is 0. The van der Waals surface area contributed by atoms with Gasteiger partial charge in [0.2, 0.25) is 0 Å². The van der Waals surface area contributed by atoms with Crippen molar-refractivity contribution in [2.24, 2.45) is 0 Å². The minimum Gasteiger partial charge on any atom is -0.310 e. The van der Waals surface area contributed by atoms with Crippen LogP contribution in [0.1, 0.15) is 0 Å². The first-order valence-electron chi connectivity index (χ1n) is 16.6. The molecule has 2 heterocycles. The van der Waals surface area contributed by atoms with Gasteiger partial charge < -0.3 is 4.90 Å². The summed E-state index contributed by atoms with van der Waals surface area (Å²) >= 11 is 3.74. The summed E-state index contributed by atoms with van der Waals surface area (Å²) in [6.45, 7) is 0. The van der Waals surface area contributed by atoms with E-state index in [1.165, 1.54) is 73.4 Å². The van der Waals surface area contributed by atoms with Crippen LogP contribution < -0.4 is 4.90 Å². The van der Waals surface area contributed by atoms with Gasteiger partial charge in [0.15, 0.2) is 0 Å². The van der Waals surface area contributed by atoms with Crippen molar-refractivity contribution >= 4 is 90.9 Å². The third-order valence-electron chi connectivity index (χ3n) is 9.65. The van der Waals surface area contributed by atoms with Gasteiger partial charge >= 0.3 is 0 Å². The lowest BCUT2D eigenvalue weighted by Gasteiger charge is -2.26. The molecule has 0 fully saturated rings. The van der Waals surface area contributed by atoms with Gasteiger partial charge in [-0.15, -0.1) is 22.7 Å². The molecule has 0 saturated carbocycles. The molecule has 49 heavy (non-hydrogen) atoms. The zero-order chi connectivity index (χ0) is 32.3. The topological polar surface area (TPSA) is 3.24 Å². The molecule has 10 rings (SSSR count). The molecule has 0 saturated heterocycles. The number of hydrogen-bond acceptors (Lipinski definition) is 3. The third kappa shape index (κ3) is 4.82. The maximum atomic E-state index is 2.38. The summed E-state index contributed by atoms with van der Waals surface area (Å²) in [7, 11) is 0. The molecule has 0 atom stereocenters. The minimum absolute atomic E-state index is 1.13. The van der Waals surface area contributed by atoms with E-state index in [4.69, 9.17) is 0 Å². The monoisotopic (exact) mass is 659 g/mol. The van der Waals surface area contributed by atoms with Crippen LogP contribution in [-0.2, 0) is 0 Å². The highest BCUT2D eigenvalue weighted by Gasteiger charge is 2.16. The van der Waals surface area contributed by atoms with E-state index in [9.17, 15) is 0 Å². The van der Waals surface area contributed by atoms with Crippen molar-refractivity contribution in [3.63, 3.8) is 0 Å². The Morgan fingerprint density at radius 2 is 0.918 bits per heavy atom. The van der Waals surface area contributed by atoms with E-state index in [0.29, 0.717) is 0 Å². The Kier molecular flexibility index (Phi) is 6.61. The lowest BCUT2D eigenvalue weighted by molar-refractivity contribution is 1.29. The van der Waals surface area contributed by atoms with Gasteiger partial charge in [-0.1, -0.05) is 109 Å². The predicted molar refractivity (Wildman–Crippen MR) is 215 cm³/mol. The van der Waals surface area contributed by atoms with Crippen molar-refractivity contribution in [1.82, 2.24) is 0 Å². The molecule has 0 radical (unpaired) electrons. The van der Waals surface area contributed by atoms with Crippen molar-refractivity contribution in [2.45, 2.75) is 0 Å². The van der Waals surface area contributed by atoms with Crippen molar-refractivity contribution in [3.05, 3.63) is 176 Å². The van der Waals surface area contributed by atoms with E-state index in [1.807, 2.05) is 22.7 Å². The maximum absolute atomic E-state index is 2.38. The Morgan fingerprint density at radius 1 is 0.327 bits per heavy atom. The summed E-state index contributed by atoms with van der Waals surface area (Å²) in [5, 5.41) is 7.83. The fourth-order valence-corrected chi connectivity index (χ4v) is 9.55. The number of hydrogen-bond donors (Lipinski definition) is 0. The molecule has 0 N–H and O–H groups in total. The van der Waals surface area contributed by atoms with E-state index < -0.39 is 0 Å². The van der Waals surface area contributed by atoms with Crippen LogP contribution >= 0.6 is 22.7 Å². The minimum atomic E-state index is 1.13. The van der Waals surface area contributed by atoms with E-state index in [-0.39, 0.29) is 0 Å². The lowest BCUT2D eigenvalue weighted by Crippen LogP contribution is -2.09. The summed E-state index contributed by atoms with van der Waals surface area (Å²) in [5.41, 5.74) is 8.32. The number of rotatable bonds is 5. The van der Waals surface area contributed by atoms with Crippen LogP contribution in [0.4, 0.5) is 17.1 Å². The summed E-state index contributed by atoms with van der Waals surface area (Å²) in [5.74, 6) is 0. The Hall–Kier alpha value is -5.74. The Labute approximate surface area is 292 Å². The molecule has 0 aliphatic carbocycles. The number of thiophene rings is 2. The molecule has 0 bridgehead atoms. The molecule has 0 unspecified atom stereocenters. The van der Waals surface area contributed by atoms with E-state index in [2.05, 4.69) is 181 Å². The molecule has 0 spiro atoms. The molecule has 0 aliphatic heterocycles. The highest BCUT2D eigenvalue weighted by atomic mass is 32.1. The first-order valence-corrected chi connectivity index (χ1v) is 18.2. The van der Waals surface area contributed by atoms with E-state index >= 15 is 0 Å². The molecule has 10 aromatic rings. The molecular weight excluding hydrogens is 631 g/mol. The van der Waals surface area contributed by atoms with Crippen LogP contribution in [0.2, 0.25) is 0 Å². The summed E-state index contributed by atoms with van der Waals surface area (Å²) in [4.78, 5) is 2.38. The van der Waals surface area contributed by atoms with Crippen LogP contribution in [0, 0.1) is 0 Å². The second kappa shape index (κ2) is 11.5. The van der Waals surface area contributed by atoms with E-state index in [0.717, 1.165) is 17.1 Å². The van der Waals surface area contributed by atoms with Crippen molar-refractivity contribution < 1.29 is 0 Å². The van der Waals surface area contributed by atoms with Crippen molar-refractivity contribution in [3.8, 4) is 22.3 Å². The van der Waals surface area contributed by atoms with Gasteiger partial charge in [0, 0.05) is 57.4 Å². The molecule has 1 nitrogen and oxygen atoms in total. The zero-order valence-electron chi connectivity index (χ0n) is 26.5. The van der Waals surface area contributed by atoms with Crippen LogP contribution in [-0.4, -0.2) is 0 Å². The van der Waals surface area contributed by atoms with Crippen LogP contribution in [0.15, 0.2) is 176 Å². The summed E-state index contributed by atoms with van der Waals surface area (Å²) in [6.07, 6.45) is 0. The smallest absolute Gasteiger partial charge is 0.0468 e. The highest BCUT2D eigenvalue weighted by molar-refractivity contribution is 7.26. The fourth-order valence-electron chi connectivity index (χ4n) is 7.28. The van der Waals surface area contributed by atoms with Gasteiger partial charge in [-0.3, -0.25) is 0 Å². The molecule has 3 heteroatoms. The normalized spacial score (nSPS) is 11.7. The second-order valence-electron chi connectivity index (χ2n) is 12.6. The quantitative estimate of drug-likeness (QED) is 0.178. The van der Waals surface area contributed by atoms with Crippen LogP contribution in [0.25, 0.3) is 73.4 Å². The molecular formula is C46H29NS2.